The molecule has 0 spiro atoms. The number of benzene rings is 1. The summed E-state index contributed by atoms with van der Waals surface area (Å²) in [5, 5.41) is 11.6. The Kier molecular flexibility index (Phi) is 6.24. The summed E-state index contributed by atoms with van der Waals surface area (Å²) in [5.41, 5.74) is 1.34. The zero-order valence-electron chi connectivity index (χ0n) is 14.3. The van der Waals surface area contributed by atoms with Gasteiger partial charge in [0, 0.05) is 19.3 Å². The molecule has 0 aliphatic rings. The average Bonchev–Trinajstić information content (AvgIpc) is 2.65. The molecule has 6 heteroatoms. The number of pyridine rings is 1. The molecular weight excluding hydrogens is 316 g/mol. The van der Waals surface area contributed by atoms with Crippen molar-refractivity contribution in [3.05, 3.63) is 59.4 Å². The summed E-state index contributed by atoms with van der Waals surface area (Å²) in [5.74, 6) is -0.643. The van der Waals surface area contributed by atoms with Gasteiger partial charge in [-0.05, 0) is 36.8 Å². The first-order valence-electron chi connectivity index (χ1n) is 8.09. The first kappa shape index (κ1) is 18.1. The molecule has 1 N–H and O–H groups in total. The molecule has 0 saturated carbocycles. The van der Waals surface area contributed by atoms with Crippen molar-refractivity contribution in [2.24, 2.45) is 0 Å². The van der Waals surface area contributed by atoms with Crippen LogP contribution in [0.4, 0.5) is 5.69 Å². The fraction of sp³-hybridized carbons (Fsp3) is 0.263. The summed E-state index contributed by atoms with van der Waals surface area (Å²) >= 11 is 0. The lowest BCUT2D eigenvalue weighted by molar-refractivity contribution is 0.0787. The van der Waals surface area contributed by atoms with Gasteiger partial charge in [0.2, 0.25) is 0 Å². The van der Waals surface area contributed by atoms with Crippen LogP contribution in [0.3, 0.4) is 0 Å². The van der Waals surface area contributed by atoms with Gasteiger partial charge in [-0.15, -0.1) is 0 Å². The van der Waals surface area contributed by atoms with Crippen molar-refractivity contribution < 1.29 is 9.59 Å². The number of anilines is 1. The van der Waals surface area contributed by atoms with Crippen molar-refractivity contribution in [3.63, 3.8) is 0 Å². The van der Waals surface area contributed by atoms with Crippen LogP contribution < -0.4 is 5.32 Å². The van der Waals surface area contributed by atoms with Crippen molar-refractivity contribution in [1.82, 2.24) is 9.88 Å². The van der Waals surface area contributed by atoms with Crippen LogP contribution in [0, 0.1) is 11.3 Å². The second-order valence-corrected chi connectivity index (χ2v) is 5.64. The first-order chi connectivity index (χ1) is 12.0. The highest BCUT2D eigenvalue weighted by Crippen LogP contribution is 2.12. The number of hydrogen-bond donors (Lipinski definition) is 1. The van der Waals surface area contributed by atoms with Gasteiger partial charge in [-0.25, -0.2) is 4.98 Å². The predicted octanol–water partition coefficient (Wildman–Crippen LogP) is 3.08. The van der Waals surface area contributed by atoms with Crippen LogP contribution in [0.2, 0.25) is 0 Å². The molecular formula is C19H20N4O2. The summed E-state index contributed by atoms with van der Waals surface area (Å²) in [4.78, 5) is 30.5. The number of nitriles is 1. The molecule has 1 aromatic heterocycles. The Morgan fingerprint density at radius 1 is 1.20 bits per heavy atom. The normalized spacial score (nSPS) is 9.96. The summed E-state index contributed by atoms with van der Waals surface area (Å²) in [6, 6.07) is 13.4. The van der Waals surface area contributed by atoms with Gasteiger partial charge in [-0.2, -0.15) is 5.26 Å². The van der Waals surface area contributed by atoms with Crippen LogP contribution in [0.5, 0.6) is 0 Å². The van der Waals surface area contributed by atoms with Crippen molar-refractivity contribution >= 4 is 17.5 Å². The van der Waals surface area contributed by atoms with Gasteiger partial charge >= 0.3 is 0 Å². The van der Waals surface area contributed by atoms with Gasteiger partial charge in [-0.3, -0.25) is 9.59 Å². The van der Waals surface area contributed by atoms with E-state index >= 15 is 0 Å². The highest BCUT2D eigenvalue weighted by molar-refractivity contribution is 6.03. The van der Waals surface area contributed by atoms with Crippen molar-refractivity contribution in [1.29, 1.82) is 5.26 Å². The predicted molar refractivity (Wildman–Crippen MR) is 95.2 cm³/mol. The minimum Gasteiger partial charge on any atom is -0.340 e. The highest BCUT2D eigenvalue weighted by atomic mass is 16.2. The molecule has 2 amide bonds. The monoisotopic (exact) mass is 336 g/mol. The van der Waals surface area contributed by atoms with E-state index in [1.54, 1.807) is 54.4 Å². The van der Waals surface area contributed by atoms with Crippen molar-refractivity contribution in [2.75, 3.05) is 18.9 Å². The van der Waals surface area contributed by atoms with Crippen LogP contribution in [0.1, 0.15) is 46.3 Å². The zero-order chi connectivity index (χ0) is 18.2. The van der Waals surface area contributed by atoms with Crippen molar-refractivity contribution in [3.8, 4) is 6.07 Å². The number of amides is 2. The second kappa shape index (κ2) is 8.60. The van der Waals surface area contributed by atoms with Gasteiger partial charge in [-0.1, -0.05) is 25.5 Å². The van der Waals surface area contributed by atoms with Crippen LogP contribution in [0.15, 0.2) is 42.5 Å². The molecule has 0 aliphatic heterocycles. The van der Waals surface area contributed by atoms with E-state index in [9.17, 15) is 9.59 Å². The molecule has 25 heavy (non-hydrogen) atoms. The van der Waals surface area contributed by atoms with Gasteiger partial charge in [0.15, 0.2) is 0 Å². The molecule has 128 valence electrons. The van der Waals surface area contributed by atoms with E-state index in [4.69, 9.17) is 5.26 Å². The molecule has 0 saturated heterocycles. The maximum atomic E-state index is 12.4. The van der Waals surface area contributed by atoms with E-state index in [-0.39, 0.29) is 17.3 Å². The van der Waals surface area contributed by atoms with E-state index in [0.717, 1.165) is 12.8 Å². The van der Waals surface area contributed by atoms with E-state index in [1.807, 2.05) is 6.07 Å². The third-order valence-corrected chi connectivity index (χ3v) is 3.64. The molecule has 0 radical (unpaired) electrons. The lowest BCUT2D eigenvalue weighted by Gasteiger charge is -2.16. The average molecular weight is 336 g/mol. The fourth-order valence-corrected chi connectivity index (χ4v) is 2.23. The largest absolute Gasteiger partial charge is 0.340 e. The molecule has 0 fully saturated rings. The van der Waals surface area contributed by atoms with Crippen molar-refractivity contribution in [2.45, 2.75) is 19.8 Å². The Bertz CT molecular complexity index is 811. The standard InChI is InChI=1S/C19H20N4O2/c1-3-4-11-23(2)19(25)17-10-6-9-16(22-17)18(24)21-15-8-5-7-14(12-15)13-20/h5-10,12H,3-4,11H2,1-2H3,(H,21,24). The number of nitrogens with zero attached hydrogens (tertiary/aromatic N) is 3. The summed E-state index contributed by atoms with van der Waals surface area (Å²) < 4.78 is 0. The van der Waals surface area contributed by atoms with Crippen LogP contribution in [0.25, 0.3) is 0 Å². The Balaban J connectivity index is 2.13. The maximum Gasteiger partial charge on any atom is 0.274 e. The third kappa shape index (κ3) is 4.88. The minimum atomic E-state index is -0.430. The Labute approximate surface area is 147 Å². The molecule has 2 aromatic rings. The van der Waals surface area contributed by atoms with Gasteiger partial charge in [0.25, 0.3) is 11.8 Å². The van der Waals surface area contributed by atoms with Gasteiger partial charge < -0.3 is 10.2 Å². The minimum absolute atomic E-state index is 0.150. The van der Waals surface area contributed by atoms with E-state index in [1.165, 1.54) is 0 Å². The molecule has 2 rings (SSSR count). The summed E-state index contributed by atoms with van der Waals surface area (Å²) in [6.07, 6.45) is 1.91. The number of carbonyl (C=O) groups is 2. The summed E-state index contributed by atoms with van der Waals surface area (Å²) in [7, 11) is 1.72. The first-order valence-corrected chi connectivity index (χ1v) is 8.09. The summed E-state index contributed by atoms with van der Waals surface area (Å²) in [6.45, 7) is 2.71. The lowest BCUT2D eigenvalue weighted by Crippen LogP contribution is -2.29. The molecule has 0 unspecified atom stereocenters. The Morgan fingerprint density at radius 2 is 1.92 bits per heavy atom. The molecule has 1 aromatic carbocycles. The van der Waals surface area contributed by atoms with Crippen LogP contribution >= 0.6 is 0 Å². The number of aromatic nitrogens is 1. The molecule has 0 aliphatic carbocycles. The molecule has 6 nitrogen and oxygen atoms in total. The van der Waals surface area contributed by atoms with Crippen LogP contribution in [-0.2, 0) is 0 Å². The lowest BCUT2D eigenvalue weighted by atomic mass is 10.2. The Morgan fingerprint density at radius 3 is 2.64 bits per heavy atom. The number of rotatable bonds is 6. The topological polar surface area (TPSA) is 86.1 Å². The van der Waals surface area contributed by atoms with Gasteiger partial charge in [0.1, 0.15) is 11.4 Å². The van der Waals surface area contributed by atoms with E-state index < -0.39 is 5.91 Å². The molecule has 1 heterocycles. The Hall–Kier alpha value is -3.20. The second-order valence-electron chi connectivity index (χ2n) is 5.64. The number of hydrogen-bond acceptors (Lipinski definition) is 4. The zero-order valence-corrected chi connectivity index (χ0v) is 14.3. The quantitative estimate of drug-likeness (QED) is 0.878. The number of nitrogens with one attached hydrogen (secondary N) is 1. The third-order valence-electron chi connectivity index (χ3n) is 3.64. The smallest absolute Gasteiger partial charge is 0.274 e. The fourth-order valence-electron chi connectivity index (χ4n) is 2.23. The van der Waals surface area contributed by atoms with Gasteiger partial charge in [0.05, 0.1) is 11.6 Å². The molecule has 0 atom stereocenters. The number of carbonyl (C=O) groups excluding carboxylic acids is 2. The maximum absolute atomic E-state index is 12.4. The number of unbranched alkanes of at least 4 members (excludes halogenated alkanes) is 1. The van der Waals surface area contributed by atoms with E-state index in [2.05, 4.69) is 17.2 Å². The van der Waals surface area contributed by atoms with Crippen LogP contribution in [-0.4, -0.2) is 35.3 Å². The van der Waals surface area contributed by atoms with E-state index in [0.29, 0.717) is 17.8 Å². The highest BCUT2D eigenvalue weighted by Gasteiger charge is 2.15. The molecule has 0 bridgehead atoms. The SMILES string of the molecule is CCCCN(C)C(=O)c1cccc(C(=O)Nc2cccc(C#N)c2)n1.